The van der Waals surface area contributed by atoms with Crippen LogP contribution in [0.3, 0.4) is 0 Å². The zero-order valence-electron chi connectivity index (χ0n) is 23.1. The minimum absolute atomic E-state index is 0.432. The summed E-state index contributed by atoms with van der Waals surface area (Å²) in [6.07, 6.45) is 4.80. The van der Waals surface area contributed by atoms with E-state index in [1.807, 2.05) is 49.5 Å². The van der Waals surface area contributed by atoms with Gasteiger partial charge in [0.15, 0.2) is 0 Å². The molecule has 9 heteroatoms. The van der Waals surface area contributed by atoms with Crippen LogP contribution in [0.2, 0.25) is 0 Å². The lowest BCUT2D eigenvalue weighted by Crippen LogP contribution is -2.29. The number of nitrogens with zero attached hydrogens (tertiary/aromatic N) is 3. The molecule has 2 aromatic carbocycles. The number of benzene rings is 2. The number of pyridine rings is 1. The number of para-hydroxylation sites is 1. The molecule has 0 unspecified atom stereocenters. The maximum absolute atomic E-state index is 9.99. The molecular weight excluding hydrogens is 494 g/mol. The Morgan fingerprint density at radius 2 is 1.67 bits per heavy atom. The molecule has 0 saturated carbocycles. The molecule has 9 nitrogen and oxygen atoms in total. The van der Waals surface area contributed by atoms with Gasteiger partial charge in [0.05, 0.1) is 30.4 Å². The van der Waals surface area contributed by atoms with Crippen molar-refractivity contribution in [2.24, 2.45) is 5.73 Å². The molecule has 0 fully saturated rings. The molecule has 39 heavy (non-hydrogen) atoms. The molecular formula is C30H41N5O4. The predicted octanol–water partition coefficient (Wildman–Crippen LogP) is 5.20. The van der Waals surface area contributed by atoms with E-state index < -0.39 is 6.03 Å². The first-order valence-corrected chi connectivity index (χ1v) is 13.7. The fourth-order valence-corrected chi connectivity index (χ4v) is 4.03. The van der Waals surface area contributed by atoms with Crippen molar-refractivity contribution in [3.05, 3.63) is 72.2 Å². The number of imidazole rings is 1. The Kier molecular flexibility index (Phi) is 13.2. The zero-order valence-corrected chi connectivity index (χ0v) is 23.1. The van der Waals surface area contributed by atoms with Gasteiger partial charge in [-0.1, -0.05) is 61.9 Å². The third-order valence-corrected chi connectivity index (χ3v) is 5.97. The summed E-state index contributed by atoms with van der Waals surface area (Å²) in [5.74, 6) is 0.907. The molecule has 4 rings (SSSR count). The number of aromatic nitrogens is 3. The van der Waals surface area contributed by atoms with Crippen LogP contribution in [0.5, 0.6) is 0 Å². The van der Waals surface area contributed by atoms with Crippen LogP contribution in [-0.4, -0.2) is 53.5 Å². The second kappa shape index (κ2) is 17.1. The van der Waals surface area contributed by atoms with E-state index in [0.717, 1.165) is 53.6 Å². The molecule has 4 aromatic rings. The fourth-order valence-electron chi connectivity index (χ4n) is 4.03. The second-order valence-corrected chi connectivity index (χ2v) is 8.97. The number of nitrogens with two attached hydrogens (primary N) is 1. The summed E-state index contributed by atoms with van der Waals surface area (Å²) in [4.78, 5) is 19.3. The number of carbonyl (C=O) groups is 1. The lowest BCUT2D eigenvalue weighted by Gasteiger charge is -2.11. The van der Waals surface area contributed by atoms with E-state index in [1.165, 1.54) is 5.56 Å². The number of urea groups is 1. The summed E-state index contributed by atoms with van der Waals surface area (Å²) in [5.41, 5.74) is 8.93. The van der Waals surface area contributed by atoms with Crippen molar-refractivity contribution in [3.63, 3.8) is 0 Å². The number of fused-ring (bicyclic) bond motifs is 3. The van der Waals surface area contributed by atoms with Crippen LogP contribution in [0.4, 0.5) is 4.79 Å². The number of hydrogen-bond donors (Lipinski definition) is 2. The first-order chi connectivity index (χ1) is 19.1. The summed E-state index contributed by atoms with van der Waals surface area (Å²) < 4.78 is 19.5. The van der Waals surface area contributed by atoms with Gasteiger partial charge in [-0.05, 0) is 31.4 Å². The fraction of sp³-hybridized carbons (Fsp3) is 0.433. The summed E-state index contributed by atoms with van der Waals surface area (Å²) in [7, 11) is 0. The first kappa shape index (κ1) is 30.0. The third-order valence-electron chi connectivity index (χ3n) is 5.97. The lowest BCUT2D eigenvalue weighted by atomic mass is 10.2. The van der Waals surface area contributed by atoms with Gasteiger partial charge in [-0.25, -0.2) is 9.78 Å². The highest BCUT2D eigenvalue weighted by Crippen LogP contribution is 2.25. The van der Waals surface area contributed by atoms with E-state index in [0.29, 0.717) is 46.2 Å². The van der Waals surface area contributed by atoms with E-state index >= 15 is 0 Å². The average molecular weight is 536 g/mol. The van der Waals surface area contributed by atoms with Crippen molar-refractivity contribution >= 4 is 28.0 Å². The summed E-state index contributed by atoms with van der Waals surface area (Å²) >= 11 is 0. The number of amides is 2. The predicted molar refractivity (Wildman–Crippen MR) is 154 cm³/mol. The van der Waals surface area contributed by atoms with Crippen LogP contribution in [-0.2, 0) is 34.0 Å². The Balaban J connectivity index is 0.000000459. The molecule has 210 valence electrons. The smallest absolute Gasteiger partial charge is 0.312 e. The topological polar surface area (TPSA) is 114 Å². The van der Waals surface area contributed by atoms with Gasteiger partial charge in [-0.2, -0.15) is 0 Å². The highest BCUT2D eigenvalue weighted by molar-refractivity contribution is 6.02. The van der Waals surface area contributed by atoms with Crippen molar-refractivity contribution in [1.29, 1.82) is 0 Å². The van der Waals surface area contributed by atoms with Crippen LogP contribution in [0, 0.1) is 0 Å². The maximum Gasteiger partial charge on any atom is 0.312 e. The average Bonchev–Trinajstić information content (AvgIpc) is 3.32. The van der Waals surface area contributed by atoms with Crippen LogP contribution >= 0.6 is 0 Å². The highest BCUT2D eigenvalue weighted by atomic mass is 16.5. The van der Waals surface area contributed by atoms with Gasteiger partial charge in [0, 0.05) is 38.3 Å². The second-order valence-electron chi connectivity index (χ2n) is 8.97. The number of rotatable bonds is 15. The van der Waals surface area contributed by atoms with Gasteiger partial charge in [0.1, 0.15) is 17.9 Å². The number of carbonyl (C=O) groups excluding carboxylic acids is 1. The van der Waals surface area contributed by atoms with E-state index in [-0.39, 0.29) is 0 Å². The molecule has 2 amide bonds. The van der Waals surface area contributed by atoms with Crippen LogP contribution in [0.15, 0.2) is 60.8 Å². The van der Waals surface area contributed by atoms with Crippen molar-refractivity contribution < 1.29 is 19.0 Å². The SMILES string of the molecule is CCCCNC(N)=O.CCOCc1nc2cnc3ccccc3c2n1CCOCCCOCc1ccccc1. The monoisotopic (exact) mass is 535 g/mol. The molecule has 3 N–H and O–H groups in total. The van der Waals surface area contributed by atoms with Crippen LogP contribution < -0.4 is 11.1 Å². The standard InChI is InChI=1S/C25H29N3O3.C5H12N2O/c1-2-29-19-24-27-23-17-26-22-12-7-6-11-21(22)25(23)28(24)13-16-30-14-8-15-31-18-20-9-4-3-5-10-20;1-2-3-4-7-5(6)8/h3-7,9-12,17H,2,8,13-16,18-19H2,1H3;2-4H2,1H3,(H3,6,7,8). The highest BCUT2D eigenvalue weighted by Gasteiger charge is 2.14. The third kappa shape index (κ3) is 9.94. The van der Waals surface area contributed by atoms with Gasteiger partial charge in [0.25, 0.3) is 0 Å². The summed E-state index contributed by atoms with van der Waals surface area (Å²) in [6, 6.07) is 18.0. The van der Waals surface area contributed by atoms with Gasteiger partial charge >= 0.3 is 6.03 Å². The number of hydrogen-bond acceptors (Lipinski definition) is 6. The quantitative estimate of drug-likeness (QED) is 0.202. The molecule has 0 aliphatic carbocycles. The Labute approximate surface area is 230 Å². The van der Waals surface area contributed by atoms with Crippen molar-refractivity contribution in [2.45, 2.75) is 52.9 Å². The number of primary amides is 1. The molecule has 0 aliphatic heterocycles. The van der Waals surface area contributed by atoms with E-state index in [2.05, 4.69) is 40.0 Å². The summed E-state index contributed by atoms with van der Waals surface area (Å²) in [6.45, 7) is 9.22. The Morgan fingerprint density at radius 1 is 0.897 bits per heavy atom. The Hall–Kier alpha value is -3.53. The summed E-state index contributed by atoms with van der Waals surface area (Å²) in [5, 5.41) is 3.59. The molecule has 0 spiro atoms. The molecule has 0 radical (unpaired) electrons. The zero-order chi connectivity index (χ0) is 27.7. The largest absolute Gasteiger partial charge is 0.380 e. The van der Waals surface area contributed by atoms with Gasteiger partial charge in [-0.15, -0.1) is 0 Å². The van der Waals surface area contributed by atoms with E-state index in [4.69, 9.17) is 24.9 Å². The Bertz CT molecular complexity index is 1260. The molecule has 0 aliphatic rings. The Morgan fingerprint density at radius 3 is 2.44 bits per heavy atom. The van der Waals surface area contributed by atoms with Crippen LogP contribution in [0.25, 0.3) is 21.9 Å². The van der Waals surface area contributed by atoms with Gasteiger partial charge < -0.3 is 29.8 Å². The normalized spacial score (nSPS) is 10.9. The van der Waals surface area contributed by atoms with Crippen LogP contribution in [0.1, 0.15) is 44.5 Å². The van der Waals surface area contributed by atoms with E-state index in [9.17, 15) is 4.79 Å². The number of ether oxygens (including phenoxy) is 3. The van der Waals surface area contributed by atoms with Crippen molar-refractivity contribution in [3.8, 4) is 0 Å². The molecule has 0 atom stereocenters. The minimum Gasteiger partial charge on any atom is -0.380 e. The minimum atomic E-state index is -0.432. The maximum atomic E-state index is 9.99. The number of nitrogens with one attached hydrogen (secondary N) is 1. The molecule has 0 bridgehead atoms. The van der Waals surface area contributed by atoms with E-state index in [1.54, 1.807) is 0 Å². The van der Waals surface area contributed by atoms with Gasteiger partial charge in [0.2, 0.25) is 0 Å². The van der Waals surface area contributed by atoms with Crippen molar-refractivity contribution in [2.75, 3.05) is 33.0 Å². The number of unbranched alkanes of at least 4 members (excludes halogenated alkanes) is 1. The van der Waals surface area contributed by atoms with Gasteiger partial charge in [-0.3, -0.25) is 4.98 Å². The van der Waals surface area contributed by atoms with Crippen molar-refractivity contribution in [1.82, 2.24) is 19.9 Å². The molecule has 0 saturated heterocycles. The molecule has 2 heterocycles. The lowest BCUT2D eigenvalue weighted by molar-refractivity contribution is 0.0720. The first-order valence-electron chi connectivity index (χ1n) is 13.7. The molecule has 2 aromatic heterocycles.